The van der Waals surface area contributed by atoms with Crippen LogP contribution in [0.5, 0.6) is 11.5 Å². The standard InChI is InChI=1S/C16H13BrO3/c1-18-11-5-3-10(4-6-11)15-9-12-13(20-15)7-8-14(19-2)16(12)17/h3-9H,1-2H3. The first kappa shape index (κ1) is 13.1. The highest BCUT2D eigenvalue weighted by molar-refractivity contribution is 9.10. The predicted molar refractivity (Wildman–Crippen MR) is 82.5 cm³/mol. The lowest BCUT2D eigenvalue weighted by Crippen LogP contribution is -1.83. The Morgan fingerprint density at radius 3 is 2.35 bits per heavy atom. The number of rotatable bonds is 3. The molecule has 0 N–H and O–H groups in total. The molecule has 0 aliphatic heterocycles. The van der Waals surface area contributed by atoms with Gasteiger partial charge in [-0.2, -0.15) is 0 Å². The quantitative estimate of drug-likeness (QED) is 0.685. The van der Waals surface area contributed by atoms with Gasteiger partial charge in [-0.3, -0.25) is 0 Å². The molecule has 3 aromatic rings. The van der Waals surface area contributed by atoms with Crippen LogP contribution in [0.4, 0.5) is 0 Å². The second-order valence-electron chi connectivity index (χ2n) is 4.33. The third-order valence-electron chi connectivity index (χ3n) is 3.19. The highest BCUT2D eigenvalue weighted by atomic mass is 79.9. The summed E-state index contributed by atoms with van der Waals surface area (Å²) >= 11 is 3.55. The van der Waals surface area contributed by atoms with Crippen LogP contribution in [0.25, 0.3) is 22.3 Å². The minimum Gasteiger partial charge on any atom is -0.497 e. The molecule has 0 bridgehead atoms. The number of benzene rings is 2. The maximum Gasteiger partial charge on any atom is 0.136 e. The molecule has 4 heteroatoms. The molecule has 0 unspecified atom stereocenters. The SMILES string of the molecule is COc1ccc(-c2cc3c(Br)c(OC)ccc3o2)cc1. The van der Waals surface area contributed by atoms with E-state index in [1.54, 1.807) is 14.2 Å². The fraction of sp³-hybridized carbons (Fsp3) is 0.125. The lowest BCUT2D eigenvalue weighted by Gasteiger charge is -2.01. The minimum atomic E-state index is 0.791. The smallest absolute Gasteiger partial charge is 0.136 e. The number of furan rings is 1. The fourth-order valence-electron chi connectivity index (χ4n) is 2.11. The molecule has 0 aliphatic rings. The topological polar surface area (TPSA) is 31.6 Å². The Labute approximate surface area is 125 Å². The average Bonchev–Trinajstić information content (AvgIpc) is 2.93. The van der Waals surface area contributed by atoms with Crippen molar-refractivity contribution in [2.45, 2.75) is 0 Å². The van der Waals surface area contributed by atoms with Crippen molar-refractivity contribution in [2.75, 3.05) is 14.2 Å². The summed E-state index contributed by atoms with van der Waals surface area (Å²) in [5, 5.41) is 0.996. The molecular weight excluding hydrogens is 320 g/mol. The van der Waals surface area contributed by atoms with Gasteiger partial charge >= 0.3 is 0 Å². The molecule has 0 atom stereocenters. The molecule has 0 saturated carbocycles. The van der Waals surface area contributed by atoms with Gasteiger partial charge in [-0.1, -0.05) is 0 Å². The minimum absolute atomic E-state index is 0.791. The van der Waals surface area contributed by atoms with Gasteiger partial charge in [0.15, 0.2) is 0 Å². The molecule has 1 heterocycles. The van der Waals surface area contributed by atoms with Gasteiger partial charge in [0.05, 0.1) is 18.7 Å². The first-order valence-electron chi connectivity index (χ1n) is 6.13. The molecule has 20 heavy (non-hydrogen) atoms. The molecule has 1 aromatic heterocycles. The van der Waals surface area contributed by atoms with E-state index < -0.39 is 0 Å². The van der Waals surface area contributed by atoms with E-state index in [1.165, 1.54) is 0 Å². The third-order valence-corrected chi connectivity index (χ3v) is 4.01. The highest BCUT2D eigenvalue weighted by Gasteiger charge is 2.12. The van der Waals surface area contributed by atoms with Crippen LogP contribution in [0, 0.1) is 0 Å². The molecule has 3 nitrogen and oxygen atoms in total. The van der Waals surface area contributed by atoms with E-state index in [2.05, 4.69) is 15.9 Å². The first-order valence-corrected chi connectivity index (χ1v) is 6.92. The van der Waals surface area contributed by atoms with Gasteiger partial charge in [-0.15, -0.1) is 0 Å². The molecule has 3 rings (SSSR count). The Hall–Kier alpha value is -1.94. The maximum atomic E-state index is 5.88. The molecular formula is C16H13BrO3. The second-order valence-corrected chi connectivity index (χ2v) is 5.13. The van der Waals surface area contributed by atoms with Crippen molar-refractivity contribution in [2.24, 2.45) is 0 Å². The van der Waals surface area contributed by atoms with Gasteiger partial charge in [0.25, 0.3) is 0 Å². The number of methoxy groups -OCH3 is 2. The molecule has 0 radical (unpaired) electrons. The van der Waals surface area contributed by atoms with Gasteiger partial charge in [-0.25, -0.2) is 0 Å². The van der Waals surface area contributed by atoms with E-state index in [-0.39, 0.29) is 0 Å². The number of fused-ring (bicyclic) bond motifs is 1. The van der Waals surface area contributed by atoms with Gasteiger partial charge in [-0.05, 0) is 58.4 Å². The molecule has 0 spiro atoms. The van der Waals surface area contributed by atoms with Crippen LogP contribution in [0.1, 0.15) is 0 Å². The normalized spacial score (nSPS) is 10.8. The van der Waals surface area contributed by atoms with Crippen LogP contribution in [0.15, 0.2) is 51.4 Å². The largest absolute Gasteiger partial charge is 0.497 e. The van der Waals surface area contributed by atoms with Crippen LogP contribution < -0.4 is 9.47 Å². The van der Waals surface area contributed by atoms with Gasteiger partial charge in [0.2, 0.25) is 0 Å². The molecule has 0 fully saturated rings. The zero-order chi connectivity index (χ0) is 14.1. The monoisotopic (exact) mass is 332 g/mol. The highest BCUT2D eigenvalue weighted by Crippen LogP contribution is 2.37. The van der Waals surface area contributed by atoms with E-state index in [0.29, 0.717) is 0 Å². The Morgan fingerprint density at radius 1 is 0.950 bits per heavy atom. The summed E-state index contributed by atoms with van der Waals surface area (Å²) in [6.07, 6.45) is 0. The fourth-order valence-corrected chi connectivity index (χ4v) is 2.72. The molecule has 0 amide bonds. The van der Waals surface area contributed by atoms with Crippen LogP contribution in [-0.4, -0.2) is 14.2 Å². The van der Waals surface area contributed by atoms with Crippen molar-refractivity contribution < 1.29 is 13.9 Å². The summed E-state index contributed by atoms with van der Waals surface area (Å²) in [5.41, 5.74) is 1.83. The van der Waals surface area contributed by atoms with E-state index in [0.717, 1.165) is 38.3 Å². The number of hydrogen-bond donors (Lipinski definition) is 0. The first-order chi connectivity index (χ1) is 9.72. The number of ether oxygens (including phenoxy) is 2. The van der Waals surface area contributed by atoms with Crippen LogP contribution in [0.2, 0.25) is 0 Å². The van der Waals surface area contributed by atoms with Gasteiger partial charge < -0.3 is 13.9 Å². The molecule has 102 valence electrons. The predicted octanol–water partition coefficient (Wildman–Crippen LogP) is 4.88. The van der Waals surface area contributed by atoms with Crippen molar-refractivity contribution in [1.29, 1.82) is 0 Å². The van der Waals surface area contributed by atoms with Crippen molar-refractivity contribution >= 4 is 26.9 Å². The van der Waals surface area contributed by atoms with Crippen LogP contribution in [-0.2, 0) is 0 Å². The summed E-state index contributed by atoms with van der Waals surface area (Å²) in [4.78, 5) is 0. The van der Waals surface area contributed by atoms with Crippen LogP contribution >= 0.6 is 15.9 Å². The van der Waals surface area contributed by atoms with E-state index in [4.69, 9.17) is 13.9 Å². The zero-order valence-corrected chi connectivity index (χ0v) is 12.7. The summed E-state index contributed by atoms with van der Waals surface area (Å²) < 4.78 is 17.2. The Balaban J connectivity index is 2.10. The van der Waals surface area contributed by atoms with Crippen molar-refractivity contribution in [3.8, 4) is 22.8 Å². The van der Waals surface area contributed by atoms with Gasteiger partial charge in [0.1, 0.15) is 22.8 Å². The summed E-state index contributed by atoms with van der Waals surface area (Å²) in [5.74, 6) is 2.43. The average molecular weight is 333 g/mol. The molecule has 2 aromatic carbocycles. The molecule has 0 saturated heterocycles. The van der Waals surface area contributed by atoms with Crippen LogP contribution in [0.3, 0.4) is 0 Å². The Bertz CT molecular complexity index is 744. The Kier molecular flexibility index (Phi) is 3.40. The Morgan fingerprint density at radius 2 is 1.70 bits per heavy atom. The third kappa shape index (κ3) is 2.16. The van der Waals surface area contributed by atoms with Gasteiger partial charge in [0, 0.05) is 10.9 Å². The molecule has 0 aliphatic carbocycles. The van der Waals surface area contributed by atoms with E-state index in [1.807, 2.05) is 42.5 Å². The maximum absolute atomic E-state index is 5.88. The van der Waals surface area contributed by atoms with Crippen molar-refractivity contribution in [3.05, 3.63) is 46.9 Å². The van der Waals surface area contributed by atoms with E-state index >= 15 is 0 Å². The zero-order valence-electron chi connectivity index (χ0n) is 11.1. The lowest BCUT2D eigenvalue weighted by atomic mass is 10.1. The van der Waals surface area contributed by atoms with Crippen molar-refractivity contribution in [3.63, 3.8) is 0 Å². The summed E-state index contributed by atoms with van der Waals surface area (Å²) in [6.45, 7) is 0. The second kappa shape index (κ2) is 5.21. The number of hydrogen-bond acceptors (Lipinski definition) is 3. The van der Waals surface area contributed by atoms with Crippen molar-refractivity contribution in [1.82, 2.24) is 0 Å². The van der Waals surface area contributed by atoms with E-state index in [9.17, 15) is 0 Å². The summed E-state index contributed by atoms with van der Waals surface area (Å²) in [6, 6.07) is 13.6. The lowest BCUT2D eigenvalue weighted by molar-refractivity contribution is 0.412. The summed E-state index contributed by atoms with van der Waals surface area (Å²) in [7, 11) is 3.30. The number of halogens is 1.